The highest BCUT2D eigenvalue weighted by Gasteiger charge is 2.16. The Morgan fingerprint density at radius 1 is 1.33 bits per heavy atom. The van der Waals surface area contributed by atoms with Gasteiger partial charge in [0.15, 0.2) is 5.96 Å². The standard InChI is InChI=1S/C19H32N4.HI/c1-3-17-10-8-11-18(15-17)22-19(20)21-12-5-7-14-23-13-6-4-9-16(23)2;/h8,10-11,15-16H,3-7,9,12-14H2,1-2H3,(H3,20,21,22);1H. The lowest BCUT2D eigenvalue weighted by molar-refractivity contribution is 0.158. The molecule has 2 rings (SSSR count). The first-order valence-corrected chi connectivity index (χ1v) is 9.09. The van der Waals surface area contributed by atoms with Crippen LogP contribution in [0.2, 0.25) is 0 Å². The minimum absolute atomic E-state index is 0. The van der Waals surface area contributed by atoms with E-state index in [4.69, 9.17) is 5.73 Å². The summed E-state index contributed by atoms with van der Waals surface area (Å²) in [5.74, 6) is 0.518. The van der Waals surface area contributed by atoms with Gasteiger partial charge in [-0.05, 0) is 69.8 Å². The number of anilines is 1. The van der Waals surface area contributed by atoms with Gasteiger partial charge in [0.2, 0.25) is 0 Å². The predicted molar refractivity (Wildman–Crippen MR) is 115 cm³/mol. The second-order valence-electron chi connectivity index (χ2n) is 6.53. The number of aryl methyl sites for hydroxylation is 1. The first-order valence-electron chi connectivity index (χ1n) is 9.09. The zero-order chi connectivity index (χ0) is 16.5. The number of halogens is 1. The lowest BCUT2D eigenvalue weighted by Crippen LogP contribution is -2.38. The quantitative estimate of drug-likeness (QED) is 0.286. The number of nitrogens with two attached hydrogens (primary N) is 1. The number of benzene rings is 1. The Kier molecular flexibility index (Phi) is 10.3. The van der Waals surface area contributed by atoms with Gasteiger partial charge in [0, 0.05) is 18.3 Å². The van der Waals surface area contributed by atoms with Crippen LogP contribution in [0.25, 0.3) is 0 Å². The lowest BCUT2D eigenvalue weighted by Gasteiger charge is -2.33. The number of likely N-dealkylation sites (tertiary alicyclic amines) is 1. The Morgan fingerprint density at radius 2 is 2.17 bits per heavy atom. The molecule has 1 atom stereocenters. The van der Waals surface area contributed by atoms with Crippen molar-refractivity contribution >= 4 is 35.6 Å². The van der Waals surface area contributed by atoms with E-state index in [1.165, 1.54) is 44.3 Å². The molecule has 24 heavy (non-hydrogen) atoms. The van der Waals surface area contributed by atoms with E-state index in [0.717, 1.165) is 31.1 Å². The predicted octanol–water partition coefficient (Wildman–Crippen LogP) is 4.25. The SMILES string of the molecule is CCc1cccc(NC(N)=NCCCCN2CCCCC2C)c1.I. The Hall–Kier alpha value is -0.820. The smallest absolute Gasteiger partial charge is 0.193 e. The molecule has 1 saturated heterocycles. The van der Waals surface area contributed by atoms with E-state index < -0.39 is 0 Å². The largest absolute Gasteiger partial charge is 0.370 e. The van der Waals surface area contributed by atoms with Gasteiger partial charge in [-0.1, -0.05) is 25.5 Å². The molecule has 1 fully saturated rings. The molecule has 1 unspecified atom stereocenters. The molecule has 1 aromatic rings. The summed E-state index contributed by atoms with van der Waals surface area (Å²) in [7, 11) is 0. The van der Waals surface area contributed by atoms with Crippen LogP contribution in [0.5, 0.6) is 0 Å². The molecular formula is C19H33IN4. The van der Waals surface area contributed by atoms with Crippen LogP contribution in [0.3, 0.4) is 0 Å². The molecule has 0 radical (unpaired) electrons. The Balaban J connectivity index is 0.00000288. The van der Waals surface area contributed by atoms with Crippen LogP contribution in [0.15, 0.2) is 29.3 Å². The van der Waals surface area contributed by atoms with Gasteiger partial charge in [0.05, 0.1) is 0 Å². The zero-order valence-corrected chi connectivity index (χ0v) is 17.5. The summed E-state index contributed by atoms with van der Waals surface area (Å²) in [6.45, 7) is 7.77. The van der Waals surface area contributed by atoms with Crippen molar-refractivity contribution in [3.8, 4) is 0 Å². The van der Waals surface area contributed by atoms with Gasteiger partial charge >= 0.3 is 0 Å². The van der Waals surface area contributed by atoms with E-state index in [9.17, 15) is 0 Å². The normalized spacial score (nSPS) is 18.9. The third-order valence-corrected chi connectivity index (χ3v) is 4.68. The molecular weight excluding hydrogens is 411 g/mol. The summed E-state index contributed by atoms with van der Waals surface area (Å²) in [4.78, 5) is 7.06. The fourth-order valence-corrected chi connectivity index (χ4v) is 3.17. The highest BCUT2D eigenvalue weighted by atomic mass is 127. The minimum atomic E-state index is 0. The van der Waals surface area contributed by atoms with Crippen molar-refractivity contribution in [2.45, 2.75) is 58.4 Å². The summed E-state index contributed by atoms with van der Waals surface area (Å²) in [5, 5.41) is 3.18. The van der Waals surface area contributed by atoms with Crippen LogP contribution in [-0.2, 0) is 6.42 Å². The topological polar surface area (TPSA) is 53.6 Å². The molecule has 1 aliphatic rings. The van der Waals surface area contributed by atoms with Gasteiger partial charge in [0.25, 0.3) is 0 Å². The molecule has 136 valence electrons. The van der Waals surface area contributed by atoms with Gasteiger partial charge in [0.1, 0.15) is 0 Å². The number of unbranched alkanes of at least 4 members (excludes halogenated alkanes) is 1. The number of guanidine groups is 1. The maximum Gasteiger partial charge on any atom is 0.193 e. The van der Waals surface area contributed by atoms with Crippen LogP contribution in [-0.4, -0.2) is 36.5 Å². The van der Waals surface area contributed by atoms with Crippen molar-refractivity contribution in [2.75, 3.05) is 25.0 Å². The molecule has 0 saturated carbocycles. The first-order chi connectivity index (χ1) is 11.2. The number of nitrogens with zero attached hydrogens (tertiary/aromatic N) is 2. The third kappa shape index (κ3) is 7.38. The Bertz CT molecular complexity index is 504. The third-order valence-electron chi connectivity index (χ3n) is 4.68. The molecule has 5 heteroatoms. The Morgan fingerprint density at radius 3 is 2.92 bits per heavy atom. The molecule has 0 bridgehead atoms. The number of hydrogen-bond donors (Lipinski definition) is 2. The van der Waals surface area contributed by atoms with E-state index in [0.29, 0.717) is 5.96 Å². The summed E-state index contributed by atoms with van der Waals surface area (Å²) in [5.41, 5.74) is 8.30. The molecule has 0 amide bonds. The van der Waals surface area contributed by atoms with Gasteiger partial charge in [-0.2, -0.15) is 0 Å². The number of piperidine rings is 1. The van der Waals surface area contributed by atoms with Crippen molar-refractivity contribution < 1.29 is 0 Å². The van der Waals surface area contributed by atoms with Gasteiger partial charge in [-0.3, -0.25) is 4.99 Å². The van der Waals surface area contributed by atoms with Crippen LogP contribution < -0.4 is 11.1 Å². The van der Waals surface area contributed by atoms with Crippen LogP contribution in [0, 0.1) is 0 Å². The van der Waals surface area contributed by atoms with Gasteiger partial charge in [-0.25, -0.2) is 0 Å². The number of rotatable bonds is 7. The van der Waals surface area contributed by atoms with E-state index in [-0.39, 0.29) is 24.0 Å². The number of hydrogen-bond acceptors (Lipinski definition) is 2. The summed E-state index contributed by atoms with van der Waals surface area (Å²) >= 11 is 0. The second-order valence-corrected chi connectivity index (χ2v) is 6.53. The fourth-order valence-electron chi connectivity index (χ4n) is 3.17. The van der Waals surface area contributed by atoms with Crippen LogP contribution >= 0.6 is 24.0 Å². The average Bonchev–Trinajstić information content (AvgIpc) is 2.56. The highest BCUT2D eigenvalue weighted by molar-refractivity contribution is 14.0. The summed E-state index contributed by atoms with van der Waals surface area (Å²) < 4.78 is 0. The molecule has 0 spiro atoms. The van der Waals surface area contributed by atoms with Crippen molar-refractivity contribution in [3.63, 3.8) is 0 Å². The fraction of sp³-hybridized carbons (Fsp3) is 0.632. The first kappa shape index (κ1) is 21.2. The molecule has 0 aromatic heterocycles. The summed E-state index contributed by atoms with van der Waals surface area (Å²) in [6.07, 6.45) is 7.43. The zero-order valence-electron chi connectivity index (χ0n) is 15.1. The van der Waals surface area contributed by atoms with E-state index in [1.54, 1.807) is 0 Å². The lowest BCUT2D eigenvalue weighted by atomic mass is 10.0. The van der Waals surface area contributed by atoms with E-state index >= 15 is 0 Å². The van der Waals surface area contributed by atoms with E-state index in [1.807, 2.05) is 12.1 Å². The molecule has 4 nitrogen and oxygen atoms in total. The summed E-state index contributed by atoms with van der Waals surface area (Å²) in [6, 6.07) is 9.08. The number of nitrogens with one attached hydrogen (secondary N) is 1. The van der Waals surface area contributed by atoms with Crippen LogP contribution in [0.1, 0.15) is 51.5 Å². The monoisotopic (exact) mass is 444 g/mol. The molecule has 1 aromatic carbocycles. The van der Waals surface area contributed by atoms with Gasteiger partial charge in [-0.15, -0.1) is 24.0 Å². The molecule has 1 heterocycles. The molecule has 3 N–H and O–H groups in total. The van der Waals surface area contributed by atoms with Crippen molar-refractivity contribution in [2.24, 2.45) is 10.7 Å². The second kappa shape index (κ2) is 11.7. The van der Waals surface area contributed by atoms with Crippen LogP contribution in [0.4, 0.5) is 5.69 Å². The maximum absolute atomic E-state index is 5.97. The van der Waals surface area contributed by atoms with E-state index in [2.05, 4.69) is 41.2 Å². The Labute approximate surface area is 164 Å². The van der Waals surface area contributed by atoms with Crippen molar-refractivity contribution in [1.29, 1.82) is 0 Å². The molecule has 0 aliphatic carbocycles. The number of aliphatic imine (C=N–C) groups is 1. The molecule has 1 aliphatic heterocycles. The maximum atomic E-state index is 5.97. The van der Waals surface area contributed by atoms with Gasteiger partial charge < -0.3 is 16.0 Å². The minimum Gasteiger partial charge on any atom is -0.370 e. The van der Waals surface area contributed by atoms with Crippen molar-refractivity contribution in [1.82, 2.24) is 4.90 Å². The average molecular weight is 444 g/mol. The highest BCUT2D eigenvalue weighted by Crippen LogP contribution is 2.16. The van der Waals surface area contributed by atoms with Crippen molar-refractivity contribution in [3.05, 3.63) is 29.8 Å².